The number of hydrogen-bond donors (Lipinski definition) is 1. The standard InChI is InChI=1S/C20H30O4/c1-13-7-10-19(3)15(5-6-16(21)20(19,4)23)18(13,2)9-8-14-11-17(22)24-12-14/h11,13,15,23H,5-10,12H2,1-4H3. The summed E-state index contributed by atoms with van der Waals surface area (Å²) >= 11 is 0. The van der Waals surface area contributed by atoms with Gasteiger partial charge < -0.3 is 9.84 Å². The first-order chi connectivity index (χ1) is 11.1. The number of cyclic esters (lactones) is 1. The van der Waals surface area contributed by atoms with Crippen LogP contribution in [-0.2, 0) is 14.3 Å². The molecule has 134 valence electrons. The Morgan fingerprint density at radius 2 is 1.96 bits per heavy atom. The van der Waals surface area contributed by atoms with E-state index in [1.54, 1.807) is 13.0 Å². The average molecular weight is 334 g/mol. The number of ketones is 1. The van der Waals surface area contributed by atoms with E-state index in [1.165, 1.54) is 0 Å². The molecule has 0 spiro atoms. The van der Waals surface area contributed by atoms with Crippen molar-refractivity contribution in [3.05, 3.63) is 11.6 Å². The Kier molecular flexibility index (Phi) is 4.18. The molecule has 5 unspecified atom stereocenters. The van der Waals surface area contributed by atoms with E-state index in [-0.39, 0.29) is 22.6 Å². The van der Waals surface area contributed by atoms with Crippen molar-refractivity contribution in [3.8, 4) is 0 Å². The molecule has 0 aromatic rings. The van der Waals surface area contributed by atoms with Gasteiger partial charge in [-0.15, -0.1) is 0 Å². The first-order valence-corrected chi connectivity index (χ1v) is 9.23. The largest absolute Gasteiger partial charge is 0.458 e. The Hall–Kier alpha value is -1.16. The molecular weight excluding hydrogens is 304 g/mol. The fourth-order valence-corrected chi connectivity index (χ4v) is 5.57. The van der Waals surface area contributed by atoms with Crippen molar-refractivity contribution in [3.63, 3.8) is 0 Å². The van der Waals surface area contributed by atoms with E-state index in [1.807, 2.05) is 0 Å². The molecule has 5 atom stereocenters. The zero-order valence-corrected chi connectivity index (χ0v) is 15.4. The first kappa shape index (κ1) is 17.7. The minimum atomic E-state index is -1.23. The zero-order chi connectivity index (χ0) is 17.8. The third-order valence-electron chi connectivity index (χ3n) is 7.81. The molecule has 0 aromatic heterocycles. The van der Waals surface area contributed by atoms with Gasteiger partial charge in [-0.2, -0.15) is 0 Å². The molecule has 0 amide bonds. The summed E-state index contributed by atoms with van der Waals surface area (Å²) in [4.78, 5) is 23.6. The van der Waals surface area contributed by atoms with Crippen LogP contribution < -0.4 is 0 Å². The summed E-state index contributed by atoms with van der Waals surface area (Å²) in [5.74, 6) is 0.622. The lowest BCUT2D eigenvalue weighted by atomic mass is 9.43. The van der Waals surface area contributed by atoms with E-state index in [0.717, 1.165) is 37.7 Å². The highest BCUT2D eigenvalue weighted by atomic mass is 16.5. The number of esters is 1. The fourth-order valence-electron chi connectivity index (χ4n) is 5.57. The van der Waals surface area contributed by atoms with E-state index in [4.69, 9.17) is 4.74 Å². The monoisotopic (exact) mass is 334 g/mol. The molecule has 2 saturated carbocycles. The number of hydrogen-bond acceptors (Lipinski definition) is 4. The van der Waals surface area contributed by atoms with Gasteiger partial charge in [0, 0.05) is 17.9 Å². The van der Waals surface area contributed by atoms with Gasteiger partial charge in [-0.3, -0.25) is 4.79 Å². The van der Waals surface area contributed by atoms with Crippen molar-refractivity contribution in [2.24, 2.45) is 22.7 Å². The van der Waals surface area contributed by atoms with Crippen LogP contribution >= 0.6 is 0 Å². The summed E-state index contributed by atoms with van der Waals surface area (Å²) in [5, 5.41) is 11.0. The van der Waals surface area contributed by atoms with Gasteiger partial charge in [0.2, 0.25) is 0 Å². The van der Waals surface area contributed by atoms with Crippen molar-refractivity contribution in [1.82, 2.24) is 0 Å². The fraction of sp³-hybridized carbons (Fsp3) is 0.800. The molecule has 0 saturated heterocycles. The molecule has 1 aliphatic heterocycles. The van der Waals surface area contributed by atoms with E-state index in [9.17, 15) is 14.7 Å². The quantitative estimate of drug-likeness (QED) is 0.803. The summed E-state index contributed by atoms with van der Waals surface area (Å²) in [6, 6.07) is 0. The van der Waals surface area contributed by atoms with Gasteiger partial charge in [-0.25, -0.2) is 4.79 Å². The van der Waals surface area contributed by atoms with Gasteiger partial charge in [0.15, 0.2) is 5.78 Å². The second kappa shape index (κ2) is 5.69. The summed E-state index contributed by atoms with van der Waals surface area (Å²) in [5.41, 5.74) is -0.466. The molecule has 24 heavy (non-hydrogen) atoms. The Labute approximate surface area is 144 Å². The molecule has 1 N–H and O–H groups in total. The molecule has 4 heteroatoms. The third-order valence-corrected chi connectivity index (χ3v) is 7.81. The predicted octanol–water partition coefficient (Wildman–Crippen LogP) is 3.42. The second-order valence-electron chi connectivity index (χ2n) is 8.86. The van der Waals surface area contributed by atoms with Crippen LogP contribution in [0.2, 0.25) is 0 Å². The number of Topliss-reactive ketones (excluding diaryl/α,β-unsaturated/α-hetero) is 1. The van der Waals surface area contributed by atoms with E-state index in [0.29, 0.717) is 24.9 Å². The van der Waals surface area contributed by atoms with Crippen molar-refractivity contribution in [2.45, 2.75) is 71.8 Å². The lowest BCUT2D eigenvalue weighted by molar-refractivity contribution is -0.195. The van der Waals surface area contributed by atoms with Crippen molar-refractivity contribution < 1.29 is 19.4 Å². The van der Waals surface area contributed by atoms with Crippen LogP contribution in [0.5, 0.6) is 0 Å². The van der Waals surface area contributed by atoms with Crippen molar-refractivity contribution in [1.29, 1.82) is 0 Å². The predicted molar refractivity (Wildman–Crippen MR) is 91.2 cm³/mol. The summed E-state index contributed by atoms with van der Waals surface area (Å²) in [6.45, 7) is 8.88. The van der Waals surface area contributed by atoms with Crippen LogP contribution in [-0.4, -0.2) is 29.1 Å². The highest BCUT2D eigenvalue weighted by Gasteiger charge is 2.62. The van der Waals surface area contributed by atoms with Crippen LogP contribution in [0.15, 0.2) is 11.6 Å². The molecule has 2 aliphatic carbocycles. The molecule has 1 heterocycles. The van der Waals surface area contributed by atoms with Crippen LogP contribution in [0.3, 0.4) is 0 Å². The van der Waals surface area contributed by atoms with Crippen LogP contribution in [0.25, 0.3) is 0 Å². The summed E-state index contributed by atoms with van der Waals surface area (Å²) in [6.07, 6.45) is 6.71. The summed E-state index contributed by atoms with van der Waals surface area (Å²) in [7, 11) is 0. The topological polar surface area (TPSA) is 63.6 Å². The molecule has 3 rings (SSSR count). The van der Waals surface area contributed by atoms with Crippen LogP contribution in [0.4, 0.5) is 0 Å². The molecular formula is C20H30O4. The Balaban J connectivity index is 1.86. The Morgan fingerprint density at radius 3 is 2.58 bits per heavy atom. The van der Waals surface area contributed by atoms with Gasteiger partial charge in [-0.1, -0.05) is 20.8 Å². The van der Waals surface area contributed by atoms with Gasteiger partial charge in [-0.05, 0) is 61.9 Å². The summed E-state index contributed by atoms with van der Waals surface area (Å²) < 4.78 is 5.02. The highest BCUT2D eigenvalue weighted by Crippen LogP contribution is 2.63. The number of aliphatic hydroxyl groups is 1. The molecule has 0 aromatic carbocycles. The number of carbonyl (C=O) groups is 2. The van der Waals surface area contributed by atoms with Gasteiger partial charge in [0.05, 0.1) is 0 Å². The van der Waals surface area contributed by atoms with Gasteiger partial charge in [0.25, 0.3) is 0 Å². The molecule has 2 fully saturated rings. The minimum Gasteiger partial charge on any atom is -0.458 e. The maximum atomic E-state index is 12.4. The van der Waals surface area contributed by atoms with E-state index >= 15 is 0 Å². The van der Waals surface area contributed by atoms with Crippen molar-refractivity contribution in [2.75, 3.05) is 6.61 Å². The smallest absolute Gasteiger partial charge is 0.331 e. The molecule has 3 aliphatic rings. The van der Waals surface area contributed by atoms with Crippen LogP contribution in [0, 0.1) is 22.7 Å². The van der Waals surface area contributed by atoms with E-state index in [2.05, 4.69) is 20.8 Å². The molecule has 0 radical (unpaired) electrons. The number of ether oxygens (including phenoxy) is 1. The minimum absolute atomic E-state index is 0.00403. The van der Waals surface area contributed by atoms with Gasteiger partial charge >= 0.3 is 5.97 Å². The number of rotatable bonds is 3. The zero-order valence-electron chi connectivity index (χ0n) is 15.4. The number of carbonyl (C=O) groups excluding carboxylic acids is 2. The maximum Gasteiger partial charge on any atom is 0.331 e. The lowest BCUT2D eigenvalue weighted by Gasteiger charge is -2.62. The SMILES string of the molecule is CC1CCC2(C)C(CCC(=O)C2(C)O)C1(C)CCC1=CC(=O)OC1. The number of fused-ring (bicyclic) bond motifs is 1. The third kappa shape index (κ3) is 2.45. The lowest BCUT2D eigenvalue weighted by Crippen LogP contribution is -2.63. The average Bonchev–Trinajstić information content (AvgIpc) is 2.93. The second-order valence-corrected chi connectivity index (χ2v) is 8.86. The molecule has 4 nitrogen and oxygen atoms in total. The Bertz CT molecular complexity index is 590. The maximum absolute atomic E-state index is 12.4. The van der Waals surface area contributed by atoms with E-state index < -0.39 is 5.60 Å². The first-order valence-electron chi connectivity index (χ1n) is 9.23. The van der Waals surface area contributed by atoms with Gasteiger partial charge in [0.1, 0.15) is 12.2 Å². The Morgan fingerprint density at radius 1 is 1.25 bits per heavy atom. The molecule has 0 bridgehead atoms. The van der Waals surface area contributed by atoms with Crippen LogP contribution in [0.1, 0.15) is 66.2 Å². The van der Waals surface area contributed by atoms with Crippen molar-refractivity contribution >= 4 is 11.8 Å². The normalized spacial score (nSPS) is 45.6. The highest BCUT2D eigenvalue weighted by molar-refractivity contribution is 5.88.